The van der Waals surface area contributed by atoms with Crippen LogP contribution in [-0.2, 0) is 4.74 Å². The molecule has 0 radical (unpaired) electrons. The fraction of sp³-hybridized carbons (Fsp3) is 0.600. The molecule has 42 valence electrons. The van der Waals surface area contributed by atoms with Crippen molar-refractivity contribution in [1.29, 1.82) is 0 Å². The monoisotopic (exact) mass is 104 g/mol. The maximum Gasteiger partial charge on any atom is 0.0849 e. The maximum absolute atomic E-state index is 11.1. The smallest absolute Gasteiger partial charge is 0.0849 e. The first-order valence-corrected chi connectivity index (χ1v) is 2.24. The second kappa shape index (κ2) is 5.63. The van der Waals surface area contributed by atoms with E-state index in [0.29, 0.717) is 19.5 Å². The van der Waals surface area contributed by atoms with Gasteiger partial charge in [0.05, 0.1) is 12.9 Å². The number of rotatable bonds is 3. The first-order valence-electron chi connectivity index (χ1n) is 2.24. The molecule has 2 heteroatoms. The highest BCUT2D eigenvalue weighted by Crippen LogP contribution is 1.75. The molecule has 0 aliphatic heterocycles. The summed E-state index contributed by atoms with van der Waals surface area (Å²) in [5.41, 5.74) is 0. The Kier molecular flexibility index (Phi) is 5.33. The largest absolute Gasteiger partial charge is 0.378 e. The van der Waals surface area contributed by atoms with Gasteiger partial charge >= 0.3 is 0 Å². The van der Waals surface area contributed by atoms with Crippen LogP contribution in [0.4, 0.5) is 4.39 Å². The van der Waals surface area contributed by atoms with Gasteiger partial charge in [-0.15, -0.1) is 0 Å². The van der Waals surface area contributed by atoms with Crippen LogP contribution in [0.1, 0.15) is 6.92 Å². The van der Waals surface area contributed by atoms with E-state index >= 15 is 0 Å². The van der Waals surface area contributed by atoms with Crippen LogP contribution in [0.5, 0.6) is 0 Å². The van der Waals surface area contributed by atoms with Crippen LogP contribution in [0.3, 0.4) is 0 Å². The number of halogens is 1. The van der Waals surface area contributed by atoms with E-state index in [0.717, 1.165) is 0 Å². The van der Waals surface area contributed by atoms with E-state index in [1.165, 1.54) is 6.08 Å². The van der Waals surface area contributed by atoms with Gasteiger partial charge in [-0.3, -0.25) is 0 Å². The first kappa shape index (κ1) is 6.63. The molecule has 0 N–H and O–H groups in total. The summed E-state index contributed by atoms with van der Waals surface area (Å²) in [6.07, 6.45) is 1.80. The molecule has 0 rings (SSSR count). The van der Waals surface area contributed by atoms with Crippen molar-refractivity contribution in [1.82, 2.24) is 0 Å². The number of hydrogen-bond acceptors (Lipinski definition) is 1. The maximum atomic E-state index is 11.1. The molecule has 0 unspecified atom stereocenters. The van der Waals surface area contributed by atoms with E-state index in [1.54, 1.807) is 0 Å². The summed E-state index contributed by atoms with van der Waals surface area (Å²) in [5.74, 6) is 0. The molecule has 0 atom stereocenters. The number of ether oxygens (including phenoxy) is 1. The molecule has 0 aromatic rings. The molecule has 0 aliphatic rings. The third kappa shape index (κ3) is 5.63. The van der Waals surface area contributed by atoms with Gasteiger partial charge in [0, 0.05) is 6.61 Å². The molecular weight excluding hydrogens is 95.1 g/mol. The van der Waals surface area contributed by atoms with Crippen molar-refractivity contribution >= 4 is 0 Å². The number of hydrogen-bond donors (Lipinski definition) is 0. The summed E-state index contributed by atoms with van der Waals surface area (Å²) >= 11 is 0. The van der Waals surface area contributed by atoms with Crippen molar-refractivity contribution in [3.63, 3.8) is 0 Å². The minimum Gasteiger partial charge on any atom is -0.378 e. The minimum absolute atomic E-state index is 0.382. The molecule has 0 heterocycles. The Balaban J connectivity index is 2.69. The van der Waals surface area contributed by atoms with Gasteiger partial charge in [0.15, 0.2) is 0 Å². The Morgan fingerprint density at radius 2 is 2.43 bits per heavy atom. The predicted molar refractivity (Wildman–Crippen MR) is 26.7 cm³/mol. The van der Waals surface area contributed by atoms with Gasteiger partial charge in [-0.25, -0.2) is 4.39 Å². The minimum atomic E-state index is 0.382. The Bertz CT molecular complexity index is 52.0. The van der Waals surface area contributed by atoms with Crippen molar-refractivity contribution in [3.05, 3.63) is 12.4 Å². The highest BCUT2D eigenvalue weighted by molar-refractivity contribution is 4.69. The van der Waals surface area contributed by atoms with Crippen molar-refractivity contribution in [2.24, 2.45) is 0 Å². The van der Waals surface area contributed by atoms with Crippen LogP contribution in [-0.4, -0.2) is 13.2 Å². The van der Waals surface area contributed by atoms with E-state index in [9.17, 15) is 4.39 Å². The molecular formula is C5H9FO. The highest BCUT2D eigenvalue weighted by atomic mass is 19.1. The Hall–Kier alpha value is -0.370. The van der Waals surface area contributed by atoms with Crippen LogP contribution in [0.15, 0.2) is 12.4 Å². The molecule has 0 amide bonds. The molecule has 0 aromatic heterocycles. The summed E-state index contributed by atoms with van der Waals surface area (Å²) in [6.45, 7) is 2.89. The Morgan fingerprint density at radius 3 is 2.86 bits per heavy atom. The van der Waals surface area contributed by atoms with Gasteiger partial charge < -0.3 is 4.74 Å². The van der Waals surface area contributed by atoms with Crippen LogP contribution >= 0.6 is 0 Å². The molecule has 0 spiro atoms. The summed E-state index contributed by atoms with van der Waals surface area (Å²) in [5, 5.41) is 0. The molecule has 0 saturated carbocycles. The van der Waals surface area contributed by atoms with Crippen molar-refractivity contribution in [2.75, 3.05) is 13.2 Å². The van der Waals surface area contributed by atoms with Gasteiger partial charge in [-0.1, -0.05) is 0 Å². The van der Waals surface area contributed by atoms with E-state index in [1.807, 2.05) is 6.92 Å². The fourth-order valence-corrected chi connectivity index (χ4v) is 0.222. The summed E-state index contributed by atoms with van der Waals surface area (Å²) in [7, 11) is 0. The topological polar surface area (TPSA) is 9.23 Å². The lowest BCUT2D eigenvalue weighted by Crippen LogP contribution is -1.86. The van der Waals surface area contributed by atoms with Crippen molar-refractivity contribution in [3.8, 4) is 0 Å². The SMILES string of the molecule is CCOC/C=C/F. The first-order chi connectivity index (χ1) is 3.41. The lowest BCUT2D eigenvalue weighted by atomic mass is 10.7. The standard InChI is InChI=1S/C5H9FO/c1-2-7-5-3-4-6/h3-4H,2,5H2,1H3/b4-3+. The average molecular weight is 104 g/mol. The zero-order valence-corrected chi connectivity index (χ0v) is 4.36. The van der Waals surface area contributed by atoms with Crippen molar-refractivity contribution < 1.29 is 9.13 Å². The molecule has 0 saturated heterocycles. The van der Waals surface area contributed by atoms with Crippen LogP contribution in [0, 0.1) is 0 Å². The van der Waals surface area contributed by atoms with Crippen LogP contribution in [0.25, 0.3) is 0 Å². The quantitative estimate of drug-likeness (QED) is 0.493. The zero-order chi connectivity index (χ0) is 5.54. The van der Waals surface area contributed by atoms with Gasteiger partial charge in [-0.2, -0.15) is 0 Å². The van der Waals surface area contributed by atoms with Gasteiger partial charge in [0.25, 0.3) is 0 Å². The predicted octanol–water partition coefficient (Wildman–Crippen LogP) is 1.51. The van der Waals surface area contributed by atoms with Crippen molar-refractivity contribution in [2.45, 2.75) is 6.92 Å². The molecule has 0 fully saturated rings. The van der Waals surface area contributed by atoms with E-state index in [4.69, 9.17) is 4.74 Å². The second-order valence-corrected chi connectivity index (χ2v) is 1.02. The highest BCUT2D eigenvalue weighted by Gasteiger charge is 1.71. The van der Waals surface area contributed by atoms with E-state index in [2.05, 4.69) is 0 Å². The third-order valence-electron chi connectivity index (χ3n) is 0.507. The van der Waals surface area contributed by atoms with E-state index < -0.39 is 0 Å². The Labute approximate surface area is 42.8 Å². The third-order valence-corrected chi connectivity index (χ3v) is 0.507. The molecule has 0 bridgehead atoms. The molecule has 0 aliphatic carbocycles. The molecule has 7 heavy (non-hydrogen) atoms. The van der Waals surface area contributed by atoms with Gasteiger partial charge in [0.1, 0.15) is 0 Å². The lowest BCUT2D eigenvalue weighted by Gasteiger charge is -1.88. The lowest BCUT2D eigenvalue weighted by molar-refractivity contribution is 0.177. The fourth-order valence-electron chi connectivity index (χ4n) is 0.222. The van der Waals surface area contributed by atoms with Gasteiger partial charge in [0.2, 0.25) is 0 Å². The zero-order valence-electron chi connectivity index (χ0n) is 4.36. The van der Waals surface area contributed by atoms with Gasteiger partial charge in [-0.05, 0) is 13.0 Å². The molecule has 1 nitrogen and oxygen atoms in total. The summed E-state index contributed by atoms with van der Waals surface area (Å²) in [6, 6.07) is 0. The average Bonchev–Trinajstić information content (AvgIpc) is 1.69. The second-order valence-electron chi connectivity index (χ2n) is 1.02. The Morgan fingerprint density at radius 1 is 1.71 bits per heavy atom. The summed E-state index contributed by atoms with van der Waals surface area (Å²) < 4.78 is 15.8. The van der Waals surface area contributed by atoms with E-state index in [-0.39, 0.29) is 0 Å². The van der Waals surface area contributed by atoms with Crippen LogP contribution < -0.4 is 0 Å². The van der Waals surface area contributed by atoms with Crippen LogP contribution in [0.2, 0.25) is 0 Å². The summed E-state index contributed by atoms with van der Waals surface area (Å²) in [4.78, 5) is 0. The normalized spacial score (nSPS) is 10.6. The molecule has 0 aromatic carbocycles.